The Bertz CT molecular complexity index is 241. The van der Waals surface area contributed by atoms with Crippen LogP contribution in [-0.4, -0.2) is 48.9 Å². The van der Waals surface area contributed by atoms with E-state index < -0.39 is 0 Å². The molecule has 1 saturated heterocycles. The summed E-state index contributed by atoms with van der Waals surface area (Å²) in [5.41, 5.74) is 0. The van der Waals surface area contributed by atoms with Crippen LogP contribution in [-0.2, 0) is 4.79 Å². The highest BCUT2D eigenvalue weighted by Gasteiger charge is 2.18. The third-order valence-electron chi connectivity index (χ3n) is 2.69. The number of carbonyl (C=O) groups excluding carboxylic acids is 1. The van der Waals surface area contributed by atoms with E-state index in [1.165, 1.54) is 0 Å². The zero-order valence-electron chi connectivity index (χ0n) is 9.41. The maximum absolute atomic E-state index is 11.7. The molecule has 15 heavy (non-hydrogen) atoms. The lowest BCUT2D eigenvalue weighted by molar-refractivity contribution is -0.131. The number of likely N-dealkylation sites (tertiary alicyclic amines) is 1. The fourth-order valence-electron chi connectivity index (χ4n) is 1.80. The van der Waals surface area contributed by atoms with Crippen LogP contribution in [0.25, 0.3) is 0 Å². The van der Waals surface area contributed by atoms with Gasteiger partial charge in [-0.1, -0.05) is 0 Å². The summed E-state index contributed by atoms with van der Waals surface area (Å²) in [5.74, 6) is 0.229. The number of nitriles is 1. The van der Waals surface area contributed by atoms with Gasteiger partial charge in [-0.25, -0.2) is 0 Å². The van der Waals surface area contributed by atoms with E-state index in [0.29, 0.717) is 13.0 Å². The first-order valence-electron chi connectivity index (χ1n) is 5.57. The molecular weight excluding hydrogens is 190 g/mol. The number of amides is 1. The molecule has 0 radical (unpaired) electrons. The highest BCUT2D eigenvalue weighted by atomic mass is 16.2. The first kappa shape index (κ1) is 12.0. The van der Waals surface area contributed by atoms with Crippen molar-refractivity contribution in [2.45, 2.75) is 25.7 Å². The lowest BCUT2D eigenvalue weighted by Crippen LogP contribution is -2.37. The van der Waals surface area contributed by atoms with Gasteiger partial charge in [-0.3, -0.25) is 9.69 Å². The molecule has 84 valence electrons. The first-order chi connectivity index (χ1) is 7.24. The summed E-state index contributed by atoms with van der Waals surface area (Å²) >= 11 is 0. The summed E-state index contributed by atoms with van der Waals surface area (Å²) < 4.78 is 0. The van der Waals surface area contributed by atoms with Gasteiger partial charge >= 0.3 is 0 Å². The molecule has 4 heteroatoms. The number of nitrogens with zero attached hydrogens (tertiary/aromatic N) is 3. The van der Waals surface area contributed by atoms with Crippen LogP contribution in [0, 0.1) is 11.3 Å². The smallest absolute Gasteiger partial charge is 0.236 e. The highest BCUT2D eigenvalue weighted by molar-refractivity contribution is 5.78. The molecule has 1 rings (SSSR count). The quantitative estimate of drug-likeness (QED) is 0.630. The van der Waals surface area contributed by atoms with Crippen molar-refractivity contribution in [3.05, 3.63) is 0 Å². The van der Waals surface area contributed by atoms with Crippen LogP contribution in [0.2, 0.25) is 0 Å². The second-order valence-corrected chi connectivity index (χ2v) is 4.09. The molecule has 0 N–H and O–H groups in total. The minimum absolute atomic E-state index is 0.229. The standard InChI is InChI=1S/C11H19N3O/c1-13(7-3-2-6-12)10-11(15)14-8-4-5-9-14/h2-5,7-10H2,1H3. The molecule has 0 saturated carbocycles. The van der Waals surface area contributed by atoms with Crippen molar-refractivity contribution in [2.24, 2.45) is 0 Å². The maximum Gasteiger partial charge on any atom is 0.236 e. The molecule has 0 unspecified atom stereocenters. The molecule has 0 spiro atoms. The Morgan fingerprint density at radius 3 is 2.73 bits per heavy atom. The Morgan fingerprint density at radius 1 is 1.47 bits per heavy atom. The van der Waals surface area contributed by atoms with Gasteiger partial charge < -0.3 is 4.90 Å². The van der Waals surface area contributed by atoms with E-state index in [2.05, 4.69) is 6.07 Å². The second kappa shape index (κ2) is 6.41. The molecule has 1 amide bonds. The van der Waals surface area contributed by atoms with E-state index in [-0.39, 0.29) is 5.91 Å². The molecule has 0 aliphatic carbocycles. The lowest BCUT2D eigenvalue weighted by atomic mass is 10.3. The van der Waals surface area contributed by atoms with Crippen LogP contribution in [0.1, 0.15) is 25.7 Å². The summed E-state index contributed by atoms with van der Waals surface area (Å²) in [6, 6.07) is 2.11. The summed E-state index contributed by atoms with van der Waals surface area (Å²) in [6.45, 7) is 3.16. The minimum atomic E-state index is 0.229. The molecule has 1 fully saturated rings. The Morgan fingerprint density at radius 2 is 2.13 bits per heavy atom. The SMILES string of the molecule is CN(CCCC#N)CC(=O)N1CCCC1. The third-order valence-corrected chi connectivity index (χ3v) is 2.69. The normalized spacial score (nSPS) is 15.7. The number of likely N-dealkylation sites (N-methyl/N-ethyl adjacent to an activating group) is 1. The Balaban J connectivity index is 2.16. The number of rotatable bonds is 5. The van der Waals surface area contributed by atoms with Crippen molar-refractivity contribution in [1.82, 2.24) is 9.80 Å². The number of carbonyl (C=O) groups is 1. The summed E-state index contributed by atoms with van der Waals surface area (Å²) in [4.78, 5) is 15.6. The number of hydrogen-bond acceptors (Lipinski definition) is 3. The van der Waals surface area contributed by atoms with Crippen molar-refractivity contribution in [3.63, 3.8) is 0 Å². The summed E-state index contributed by atoms with van der Waals surface area (Å²) in [5, 5.41) is 8.39. The Kier molecular flexibility index (Phi) is 5.13. The van der Waals surface area contributed by atoms with E-state index in [9.17, 15) is 4.79 Å². The van der Waals surface area contributed by atoms with Gasteiger partial charge in [-0.2, -0.15) is 5.26 Å². The van der Waals surface area contributed by atoms with E-state index >= 15 is 0 Å². The van der Waals surface area contributed by atoms with Crippen LogP contribution in [0.15, 0.2) is 0 Å². The van der Waals surface area contributed by atoms with Gasteiger partial charge in [0.25, 0.3) is 0 Å². The van der Waals surface area contributed by atoms with Crippen LogP contribution < -0.4 is 0 Å². The zero-order valence-corrected chi connectivity index (χ0v) is 9.41. The van der Waals surface area contributed by atoms with E-state index in [0.717, 1.165) is 38.9 Å². The van der Waals surface area contributed by atoms with Gasteiger partial charge in [-0.05, 0) is 32.9 Å². The molecule has 0 aromatic heterocycles. The topological polar surface area (TPSA) is 47.3 Å². The highest BCUT2D eigenvalue weighted by Crippen LogP contribution is 2.07. The van der Waals surface area contributed by atoms with Crippen LogP contribution in [0.4, 0.5) is 0 Å². The van der Waals surface area contributed by atoms with Gasteiger partial charge in [0, 0.05) is 19.5 Å². The number of unbranched alkanes of at least 4 members (excludes halogenated alkanes) is 1. The van der Waals surface area contributed by atoms with E-state index in [1.54, 1.807) is 0 Å². The zero-order chi connectivity index (χ0) is 11.1. The predicted octanol–water partition coefficient (Wildman–Crippen LogP) is 0.844. The lowest BCUT2D eigenvalue weighted by Gasteiger charge is -2.20. The van der Waals surface area contributed by atoms with E-state index in [4.69, 9.17) is 5.26 Å². The van der Waals surface area contributed by atoms with Gasteiger partial charge in [0.2, 0.25) is 5.91 Å². The largest absolute Gasteiger partial charge is 0.342 e. The van der Waals surface area contributed by atoms with Crippen molar-refractivity contribution in [2.75, 3.05) is 33.2 Å². The minimum Gasteiger partial charge on any atom is -0.342 e. The Hall–Kier alpha value is -1.08. The molecular formula is C11H19N3O. The van der Waals surface area contributed by atoms with Crippen LogP contribution in [0.5, 0.6) is 0 Å². The molecule has 1 aliphatic heterocycles. The van der Waals surface area contributed by atoms with Crippen LogP contribution in [0.3, 0.4) is 0 Å². The number of hydrogen-bond donors (Lipinski definition) is 0. The van der Waals surface area contributed by atoms with Crippen molar-refractivity contribution in [3.8, 4) is 6.07 Å². The van der Waals surface area contributed by atoms with Crippen molar-refractivity contribution >= 4 is 5.91 Å². The molecule has 0 bridgehead atoms. The monoisotopic (exact) mass is 209 g/mol. The molecule has 4 nitrogen and oxygen atoms in total. The molecule has 1 heterocycles. The first-order valence-corrected chi connectivity index (χ1v) is 5.57. The van der Waals surface area contributed by atoms with Crippen molar-refractivity contribution in [1.29, 1.82) is 5.26 Å². The van der Waals surface area contributed by atoms with Crippen molar-refractivity contribution < 1.29 is 4.79 Å². The maximum atomic E-state index is 11.7. The molecule has 1 aliphatic rings. The molecule has 0 aromatic rings. The van der Waals surface area contributed by atoms with Gasteiger partial charge in [0.1, 0.15) is 0 Å². The second-order valence-electron chi connectivity index (χ2n) is 4.09. The van der Waals surface area contributed by atoms with Gasteiger partial charge in [0.15, 0.2) is 0 Å². The van der Waals surface area contributed by atoms with Crippen LogP contribution >= 0.6 is 0 Å². The fourth-order valence-corrected chi connectivity index (χ4v) is 1.80. The van der Waals surface area contributed by atoms with Gasteiger partial charge in [-0.15, -0.1) is 0 Å². The third kappa shape index (κ3) is 4.30. The fraction of sp³-hybridized carbons (Fsp3) is 0.818. The predicted molar refractivity (Wildman–Crippen MR) is 58.2 cm³/mol. The average molecular weight is 209 g/mol. The molecule has 0 aromatic carbocycles. The Labute approximate surface area is 91.5 Å². The average Bonchev–Trinajstić information content (AvgIpc) is 2.70. The summed E-state index contributed by atoms with van der Waals surface area (Å²) in [7, 11) is 1.94. The molecule has 0 atom stereocenters. The van der Waals surface area contributed by atoms with Gasteiger partial charge in [0.05, 0.1) is 12.6 Å². The van der Waals surface area contributed by atoms with E-state index in [1.807, 2.05) is 16.8 Å². The summed E-state index contributed by atoms with van der Waals surface area (Å²) in [6.07, 6.45) is 3.70.